The van der Waals surface area contributed by atoms with Crippen molar-refractivity contribution in [1.82, 2.24) is 0 Å². The molecule has 0 radical (unpaired) electrons. The second-order valence-corrected chi connectivity index (χ2v) is 4.02. The first-order chi connectivity index (χ1) is 5.47. The van der Waals surface area contributed by atoms with Crippen LogP contribution >= 0.6 is 0 Å². The molecule has 0 spiro atoms. The van der Waals surface area contributed by atoms with Crippen molar-refractivity contribution in [3.05, 3.63) is 12.2 Å². The molecule has 0 N–H and O–H groups in total. The Labute approximate surface area is 72.7 Å². The molecule has 2 atom stereocenters. The molecular formula is C10H16F2. The van der Waals surface area contributed by atoms with E-state index in [4.69, 9.17) is 0 Å². The molecular weight excluding hydrogens is 158 g/mol. The van der Waals surface area contributed by atoms with Gasteiger partial charge in [0.2, 0.25) is 5.92 Å². The Kier molecular flexibility index (Phi) is 2.86. The Morgan fingerprint density at radius 3 is 2.67 bits per heavy atom. The fourth-order valence-electron chi connectivity index (χ4n) is 1.88. The van der Waals surface area contributed by atoms with Gasteiger partial charge in [0.15, 0.2) is 0 Å². The first-order valence-electron chi connectivity index (χ1n) is 4.52. The summed E-state index contributed by atoms with van der Waals surface area (Å²) in [6.07, 6.45) is 5.93. The van der Waals surface area contributed by atoms with Crippen molar-refractivity contribution in [2.24, 2.45) is 11.8 Å². The number of hydrogen-bond donors (Lipinski definition) is 0. The minimum absolute atomic E-state index is 0.0433. The first-order valence-corrected chi connectivity index (χ1v) is 4.52. The third-order valence-electron chi connectivity index (χ3n) is 2.29. The first kappa shape index (κ1) is 9.69. The van der Waals surface area contributed by atoms with Crippen molar-refractivity contribution in [1.29, 1.82) is 0 Å². The molecule has 0 fully saturated rings. The van der Waals surface area contributed by atoms with Gasteiger partial charge in [-0.25, -0.2) is 8.78 Å². The third kappa shape index (κ3) is 3.33. The van der Waals surface area contributed by atoms with Crippen molar-refractivity contribution in [2.75, 3.05) is 0 Å². The number of allylic oxidation sites excluding steroid dienone is 2. The van der Waals surface area contributed by atoms with E-state index in [1.807, 2.05) is 6.08 Å². The monoisotopic (exact) mass is 174 g/mol. The van der Waals surface area contributed by atoms with Crippen LogP contribution in [0.5, 0.6) is 0 Å². The minimum atomic E-state index is -2.49. The second kappa shape index (κ2) is 3.55. The Hall–Kier alpha value is -0.400. The lowest BCUT2D eigenvalue weighted by Gasteiger charge is -2.24. The Morgan fingerprint density at radius 1 is 1.50 bits per heavy atom. The zero-order valence-corrected chi connectivity index (χ0v) is 7.69. The summed E-state index contributed by atoms with van der Waals surface area (Å²) in [4.78, 5) is 0. The van der Waals surface area contributed by atoms with E-state index in [1.54, 1.807) is 0 Å². The fourth-order valence-corrected chi connectivity index (χ4v) is 1.88. The molecule has 0 amide bonds. The van der Waals surface area contributed by atoms with Crippen molar-refractivity contribution in [3.63, 3.8) is 0 Å². The summed E-state index contributed by atoms with van der Waals surface area (Å²) in [7, 11) is 0. The summed E-state index contributed by atoms with van der Waals surface area (Å²) in [6.45, 7) is 3.09. The van der Waals surface area contributed by atoms with E-state index in [0.29, 0.717) is 5.92 Å². The van der Waals surface area contributed by atoms with Gasteiger partial charge >= 0.3 is 0 Å². The minimum Gasteiger partial charge on any atom is -0.207 e. The van der Waals surface area contributed by atoms with Gasteiger partial charge < -0.3 is 0 Å². The SMILES string of the molecule is CC1C=CC[C@H](CC(C)(F)F)C1. The molecule has 0 aromatic rings. The van der Waals surface area contributed by atoms with Gasteiger partial charge in [0, 0.05) is 6.42 Å². The van der Waals surface area contributed by atoms with Gasteiger partial charge in [0.25, 0.3) is 0 Å². The molecule has 0 nitrogen and oxygen atoms in total. The predicted molar refractivity (Wildman–Crippen MR) is 46.3 cm³/mol. The van der Waals surface area contributed by atoms with Gasteiger partial charge in [-0.1, -0.05) is 19.1 Å². The van der Waals surface area contributed by atoms with E-state index in [9.17, 15) is 8.78 Å². The number of rotatable bonds is 2. The number of alkyl halides is 2. The summed E-state index contributed by atoms with van der Waals surface area (Å²) in [5, 5.41) is 0. The molecule has 1 unspecified atom stereocenters. The maximum absolute atomic E-state index is 12.6. The van der Waals surface area contributed by atoms with Crippen LogP contribution in [0.25, 0.3) is 0 Å². The number of hydrogen-bond acceptors (Lipinski definition) is 0. The molecule has 0 saturated heterocycles. The van der Waals surface area contributed by atoms with Crippen molar-refractivity contribution < 1.29 is 8.78 Å². The van der Waals surface area contributed by atoms with E-state index in [2.05, 4.69) is 13.0 Å². The van der Waals surface area contributed by atoms with Crippen molar-refractivity contribution >= 4 is 0 Å². The van der Waals surface area contributed by atoms with Crippen molar-refractivity contribution in [3.8, 4) is 0 Å². The van der Waals surface area contributed by atoms with Crippen LogP contribution in [0, 0.1) is 11.8 Å². The molecule has 0 bridgehead atoms. The topological polar surface area (TPSA) is 0 Å². The average Bonchev–Trinajstić information content (AvgIpc) is 1.82. The standard InChI is InChI=1S/C10H16F2/c1-8-4-3-5-9(6-8)7-10(2,11)12/h3-4,8-9H,5-7H2,1-2H3/t8?,9-/m0/s1. The fraction of sp³-hybridized carbons (Fsp3) is 0.800. The zero-order valence-electron chi connectivity index (χ0n) is 7.69. The Bertz CT molecular complexity index is 167. The molecule has 0 saturated carbocycles. The maximum atomic E-state index is 12.6. The normalized spacial score (nSPS) is 30.7. The summed E-state index contributed by atoms with van der Waals surface area (Å²) in [5.74, 6) is -1.83. The van der Waals surface area contributed by atoms with Crippen LogP contribution in [0.2, 0.25) is 0 Å². The highest BCUT2D eigenvalue weighted by atomic mass is 19.3. The Morgan fingerprint density at radius 2 is 2.17 bits per heavy atom. The largest absolute Gasteiger partial charge is 0.245 e. The van der Waals surface area contributed by atoms with Crippen LogP contribution in [0.15, 0.2) is 12.2 Å². The van der Waals surface area contributed by atoms with Gasteiger partial charge in [-0.15, -0.1) is 0 Å². The van der Waals surface area contributed by atoms with Gasteiger partial charge in [0.1, 0.15) is 0 Å². The molecule has 1 aliphatic carbocycles. The molecule has 0 heterocycles. The summed E-state index contributed by atoms with van der Waals surface area (Å²) in [6, 6.07) is 0. The molecule has 1 rings (SSSR count). The van der Waals surface area contributed by atoms with E-state index < -0.39 is 5.92 Å². The number of halogens is 2. The summed E-state index contributed by atoms with van der Waals surface area (Å²) >= 11 is 0. The van der Waals surface area contributed by atoms with Gasteiger partial charge in [-0.3, -0.25) is 0 Å². The third-order valence-corrected chi connectivity index (χ3v) is 2.29. The van der Waals surface area contributed by atoms with Gasteiger partial charge in [-0.2, -0.15) is 0 Å². The molecule has 1 aliphatic rings. The smallest absolute Gasteiger partial charge is 0.207 e. The van der Waals surface area contributed by atoms with E-state index >= 15 is 0 Å². The summed E-state index contributed by atoms with van der Waals surface area (Å²) in [5.41, 5.74) is 0. The molecule has 2 heteroatoms. The Balaban J connectivity index is 2.40. The van der Waals surface area contributed by atoms with E-state index in [1.165, 1.54) is 0 Å². The van der Waals surface area contributed by atoms with Crippen LogP contribution in [0.4, 0.5) is 8.78 Å². The van der Waals surface area contributed by atoms with E-state index in [0.717, 1.165) is 19.8 Å². The highest BCUT2D eigenvalue weighted by molar-refractivity contribution is 4.95. The molecule has 0 aliphatic heterocycles. The lowest BCUT2D eigenvalue weighted by atomic mass is 9.84. The van der Waals surface area contributed by atoms with Crippen molar-refractivity contribution in [2.45, 2.75) is 39.0 Å². The highest BCUT2D eigenvalue weighted by Gasteiger charge is 2.27. The molecule has 0 aromatic carbocycles. The average molecular weight is 174 g/mol. The quantitative estimate of drug-likeness (QED) is 0.561. The molecule has 0 aromatic heterocycles. The lowest BCUT2D eigenvalue weighted by molar-refractivity contribution is -0.00609. The van der Waals surface area contributed by atoms with E-state index in [-0.39, 0.29) is 12.3 Å². The molecule has 12 heavy (non-hydrogen) atoms. The summed E-state index contributed by atoms with van der Waals surface area (Å²) < 4.78 is 25.2. The lowest BCUT2D eigenvalue weighted by Crippen LogP contribution is -2.19. The van der Waals surface area contributed by atoms with Crippen LogP contribution in [-0.4, -0.2) is 5.92 Å². The maximum Gasteiger partial charge on any atom is 0.245 e. The van der Waals surface area contributed by atoms with Gasteiger partial charge in [-0.05, 0) is 31.6 Å². The van der Waals surface area contributed by atoms with Crippen LogP contribution in [0.3, 0.4) is 0 Å². The van der Waals surface area contributed by atoms with Crippen LogP contribution in [-0.2, 0) is 0 Å². The van der Waals surface area contributed by atoms with Gasteiger partial charge in [0.05, 0.1) is 0 Å². The highest BCUT2D eigenvalue weighted by Crippen LogP contribution is 2.32. The second-order valence-electron chi connectivity index (χ2n) is 4.02. The molecule has 70 valence electrons. The predicted octanol–water partition coefficient (Wildman–Crippen LogP) is 3.63. The zero-order chi connectivity index (χ0) is 9.19. The van der Waals surface area contributed by atoms with Crippen LogP contribution < -0.4 is 0 Å². The van der Waals surface area contributed by atoms with Crippen LogP contribution in [0.1, 0.15) is 33.1 Å².